The fraction of sp³-hybridized carbons (Fsp3) is 0.857. The Morgan fingerprint density at radius 1 is 1.43 bits per heavy atom. The highest BCUT2D eigenvalue weighted by molar-refractivity contribution is 6.18. The Hall–Kier alpha value is -0.490. The van der Waals surface area contributed by atoms with Crippen LogP contribution in [0.1, 0.15) is 6.42 Å². The second kappa shape index (κ2) is 6.89. The lowest BCUT2D eigenvalue weighted by Gasteiger charge is -2.07. The molecule has 0 saturated carbocycles. The summed E-state index contributed by atoms with van der Waals surface area (Å²) in [7, 11) is 0. The highest BCUT2D eigenvalue weighted by Crippen LogP contribution is 2.14. The van der Waals surface area contributed by atoms with Gasteiger partial charge in [0.25, 0.3) is 0 Å². The molecule has 0 aromatic carbocycles. The molecular formula is C7H11ClF3NO2. The van der Waals surface area contributed by atoms with Crippen molar-refractivity contribution in [2.75, 3.05) is 25.6 Å². The van der Waals surface area contributed by atoms with Crippen LogP contribution in [0.15, 0.2) is 0 Å². The molecule has 14 heavy (non-hydrogen) atoms. The predicted octanol–water partition coefficient (Wildman–Crippen LogP) is 1.31. The molecule has 0 aliphatic carbocycles. The van der Waals surface area contributed by atoms with Crippen molar-refractivity contribution in [2.45, 2.75) is 12.6 Å². The van der Waals surface area contributed by atoms with E-state index < -0.39 is 12.8 Å². The Balaban J connectivity index is 3.32. The zero-order valence-corrected chi connectivity index (χ0v) is 8.12. The van der Waals surface area contributed by atoms with Crippen LogP contribution in [-0.4, -0.2) is 37.7 Å². The third-order valence-corrected chi connectivity index (χ3v) is 1.34. The normalized spacial score (nSPS) is 11.4. The van der Waals surface area contributed by atoms with Gasteiger partial charge >= 0.3 is 6.18 Å². The van der Waals surface area contributed by atoms with Gasteiger partial charge in [0.15, 0.2) is 0 Å². The maximum atomic E-state index is 11.5. The van der Waals surface area contributed by atoms with E-state index in [4.69, 9.17) is 11.6 Å². The Morgan fingerprint density at radius 3 is 2.57 bits per heavy atom. The zero-order chi connectivity index (χ0) is 11.0. The lowest BCUT2D eigenvalue weighted by Crippen LogP contribution is -2.27. The Kier molecular flexibility index (Phi) is 6.65. The largest absolute Gasteiger partial charge is 0.411 e. The van der Waals surface area contributed by atoms with Gasteiger partial charge in [-0.05, 0) is 0 Å². The van der Waals surface area contributed by atoms with Crippen molar-refractivity contribution >= 4 is 17.5 Å². The summed E-state index contributed by atoms with van der Waals surface area (Å²) in [6, 6.07) is 0. The summed E-state index contributed by atoms with van der Waals surface area (Å²) < 4.78 is 38.8. The first kappa shape index (κ1) is 13.5. The molecule has 0 rings (SSSR count). The number of hydrogen-bond acceptors (Lipinski definition) is 2. The molecule has 1 N–H and O–H groups in total. The van der Waals surface area contributed by atoms with Crippen molar-refractivity contribution in [3.8, 4) is 0 Å². The molecule has 84 valence electrons. The lowest BCUT2D eigenvalue weighted by molar-refractivity contribution is -0.174. The van der Waals surface area contributed by atoms with Gasteiger partial charge in [-0.3, -0.25) is 4.79 Å². The first-order valence-corrected chi connectivity index (χ1v) is 4.46. The Morgan fingerprint density at radius 2 is 2.07 bits per heavy atom. The van der Waals surface area contributed by atoms with Crippen LogP contribution in [0.2, 0.25) is 0 Å². The molecule has 0 saturated heterocycles. The summed E-state index contributed by atoms with van der Waals surface area (Å²) in [5.74, 6) is -0.0948. The molecule has 0 aliphatic heterocycles. The van der Waals surface area contributed by atoms with Gasteiger partial charge in [-0.2, -0.15) is 13.2 Å². The van der Waals surface area contributed by atoms with Gasteiger partial charge in [0, 0.05) is 18.8 Å². The average Bonchev–Trinajstić information content (AvgIpc) is 2.07. The molecule has 0 spiro atoms. The Labute approximate surface area is 84.6 Å². The zero-order valence-electron chi connectivity index (χ0n) is 7.36. The van der Waals surface area contributed by atoms with E-state index in [1.165, 1.54) is 0 Å². The van der Waals surface area contributed by atoms with Crippen LogP contribution >= 0.6 is 11.6 Å². The van der Waals surface area contributed by atoms with E-state index in [9.17, 15) is 18.0 Å². The van der Waals surface area contributed by atoms with E-state index >= 15 is 0 Å². The molecular weight excluding hydrogens is 223 g/mol. The molecule has 0 fully saturated rings. The summed E-state index contributed by atoms with van der Waals surface area (Å²) in [5.41, 5.74) is 0. The monoisotopic (exact) mass is 233 g/mol. The molecule has 0 atom stereocenters. The highest BCUT2D eigenvalue weighted by Gasteiger charge is 2.27. The fourth-order valence-electron chi connectivity index (χ4n) is 0.628. The summed E-state index contributed by atoms with van der Waals surface area (Å²) in [5, 5.41) is 2.40. The van der Waals surface area contributed by atoms with Crippen molar-refractivity contribution in [1.29, 1.82) is 0 Å². The fourth-order valence-corrected chi connectivity index (χ4v) is 0.722. The van der Waals surface area contributed by atoms with Crippen molar-refractivity contribution in [3.63, 3.8) is 0 Å². The van der Waals surface area contributed by atoms with Crippen LogP contribution in [-0.2, 0) is 9.53 Å². The summed E-state index contributed by atoms with van der Waals surface area (Å²) in [6.07, 6.45) is -4.43. The van der Waals surface area contributed by atoms with Gasteiger partial charge in [-0.15, -0.1) is 11.6 Å². The first-order valence-electron chi connectivity index (χ1n) is 3.93. The molecule has 3 nitrogen and oxygen atoms in total. The maximum absolute atomic E-state index is 11.5. The number of halogens is 4. The van der Waals surface area contributed by atoms with E-state index in [0.717, 1.165) is 0 Å². The van der Waals surface area contributed by atoms with Crippen LogP contribution in [0, 0.1) is 0 Å². The third kappa shape index (κ3) is 9.60. The lowest BCUT2D eigenvalue weighted by atomic mass is 10.4. The van der Waals surface area contributed by atoms with Gasteiger partial charge in [-0.25, -0.2) is 0 Å². The van der Waals surface area contributed by atoms with Gasteiger partial charge in [0.1, 0.15) is 6.61 Å². The molecule has 0 heterocycles. The van der Waals surface area contributed by atoms with Gasteiger partial charge in [0.2, 0.25) is 5.91 Å². The average molecular weight is 234 g/mol. The number of hydrogen-bond donors (Lipinski definition) is 1. The van der Waals surface area contributed by atoms with Crippen LogP contribution in [0.3, 0.4) is 0 Å². The second-order valence-corrected chi connectivity index (χ2v) is 2.83. The molecule has 1 amide bonds. The minimum absolute atomic E-state index is 0.0903. The van der Waals surface area contributed by atoms with Crippen LogP contribution in [0.4, 0.5) is 13.2 Å². The van der Waals surface area contributed by atoms with Crippen molar-refractivity contribution in [3.05, 3.63) is 0 Å². The second-order valence-electron chi connectivity index (χ2n) is 2.46. The minimum atomic E-state index is -4.34. The molecule has 0 aromatic heterocycles. The molecule has 0 aliphatic rings. The number of carbonyl (C=O) groups is 1. The summed E-state index contributed by atoms with van der Waals surface area (Å²) >= 11 is 5.27. The van der Waals surface area contributed by atoms with E-state index in [1.807, 2.05) is 0 Å². The third-order valence-electron chi connectivity index (χ3n) is 1.16. The van der Waals surface area contributed by atoms with Crippen LogP contribution in [0.5, 0.6) is 0 Å². The molecule has 0 bridgehead atoms. The van der Waals surface area contributed by atoms with Crippen molar-refractivity contribution in [2.24, 2.45) is 0 Å². The number of ether oxygens (including phenoxy) is 1. The molecule has 0 aromatic rings. The number of rotatable bonds is 6. The first-order chi connectivity index (χ1) is 6.45. The van der Waals surface area contributed by atoms with Crippen LogP contribution in [0.25, 0.3) is 0 Å². The van der Waals surface area contributed by atoms with Crippen molar-refractivity contribution < 1.29 is 22.7 Å². The smallest absolute Gasteiger partial charge is 0.372 e. The van der Waals surface area contributed by atoms with Gasteiger partial charge < -0.3 is 10.1 Å². The number of nitrogens with one attached hydrogen (secondary N) is 1. The van der Waals surface area contributed by atoms with E-state index in [-0.39, 0.29) is 24.8 Å². The van der Waals surface area contributed by atoms with E-state index in [0.29, 0.717) is 6.54 Å². The molecule has 0 radical (unpaired) electrons. The standard InChI is InChI=1S/C7H11ClF3NO2/c8-2-3-12-6(13)1-4-14-5-7(9,10)11/h1-5H2,(H,12,13). The summed E-state index contributed by atoms with van der Waals surface area (Å²) in [6.45, 7) is -1.26. The van der Waals surface area contributed by atoms with Gasteiger partial charge in [0.05, 0.1) is 6.61 Å². The highest BCUT2D eigenvalue weighted by atomic mass is 35.5. The number of carbonyl (C=O) groups excluding carboxylic acids is 1. The van der Waals surface area contributed by atoms with Crippen LogP contribution < -0.4 is 5.32 Å². The topological polar surface area (TPSA) is 38.3 Å². The Bertz CT molecular complexity index is 175. The number of alkyl halides is 4. The number of amides is 1. The molecule has 0 unspecified atom stereocenters. The van der Waals surface area contributed by atoms with Gasteiger partial charge in [-0.1, -0.05) is 0 Å². The van der Waals surface area contributed by atoms with Crippen molar-refractivity contribution in [1.82, 2.24) is 5.32 Å². The summed E-state index contributed by atoms with van der Waals surface area (Å²) in [4.78, 5) is 10.8. The quantitative estimate of drug-likeness (QED) is 0.555. The van der Waals surface area contributed by atoms with E-state index in [1.54, 1.807) is 0 Å². The SMILES string of the molecule is O=C(CCOCC(F)(F)F)NCCCl. The predicted molar refractivity (Wildman–Crippen MR) is 45.2 cm³/mol. The van der Waals surface area contributed by atoms with E-state index in [2.05, 4.69) is 10.1 Å². The molecule has 7 heteroatoms. The maximum Gasteiger partial charge on any atom is 0.411 e. The minimum Gasteiger partial charge on any atom is -0.372 e.